The molecule has 1 saturated heterocycles. The summed E-state index contributed by atoms with van der Waals surface area (Å²) in [6, 6.07) is 10.7. The van der Waals surface area contributed by atoms with Gasteiger partial charge in [-0.15, -0.1) is 0 Å². The Kier molecular flexibility index (Phi) is 7.03. The highest BCUT2D eigenvalue weighted by Gasteiger charge is 2.39. The number of para-hydroxylation sites is 1. The molecule has 0 bridgehead atoms. The van der Waals surface area contributed by atoms with E-state index in [-0.39, 0.29) is 38.0 Å². The van der Waals surface area contributed by atoms with E-state index in [1.807, 2.05) is 24.3 Å². The van der Waals surface area contributed by atoms with E-state index in [9.17, 15) is 35.9 Å². The number of pyridine rings is 1. The van der Waals surface area contributed by atoms with Crippen molar-refractivity contribution in [1.82, 2.24) is 19.8 Å². The van der Waals surface area contributed by atoms with Crippen molar-refractivity contribution >= 4 is 22.7 Å². The standard InChI is InChI=1S/C28H22F6N4O2/c29-27(30,31)20-10-18(11-21(13-20)28(32,33)34)26(40)38-9-8-37(25(39)17-4-3-7-35-14-17)16-22(38)12-19-15-36-24-6-2-1-5-23(19)24/h1-7,10-11,13-15,22,36H,8-9,12,16H2. The molecule has 2 amide bonds. The molecule has 208 valence electrons. The van der Waals surface area contributed by atoms with Gasteiger partial charge in [-0.25, -0.2) is 0 Å². The molecule has 4 aromatic rings. The molecule has 1 unspecified atom stereocenters. The Labute approximate surface area is 224 Å². The number of nitrogens with one attached hydrogen (secondary N) is 1. The highest BCUT2D eigenvalue weighted by Crippen LogP contribution is 2.37. The van der Waals surface area contributed by atoms with E-state index in [1.165, 1.54) is 22.2 Å². The van der Waals surface area contributed by atoms with E-state index in [1.54, 1.807) is 18.3 Å². The first-order chi connectivity index (χ1) is 18.9. The number of aromatic nitrogens is 2. The second kappa shape index (κ2) is 10.3. The zero-order valence-electron chi connectivity index (χ0n) is 20.8. The SMILES string of the molecule is O=C(c1cccnc1)N1CCN(C(=O)c2cc(C(F)(F)F)cc(C(F)(F)F)c2)C(Cc2c[nH]c3ccccc23)C1. The third-order valence-corrected chi connectivity index (χ3v) is 6.90. The summed E-state index contributed by atoms with van der Waals surface area (Å²) in [6.45, 7) is -0.0333. The summed E-state index contributed by atoms with van der Waals surface area (Å²) in [5.74, 6) is -1.32. The molecule has 1 aliphatic rings. The highest BCUT2D eigenvalue weighted by atomic mass is 19.4. The first kappa shape index (κ1) is 27.2. The third kappa shape index (κ3) is 5.51. The molecular formula is C28H22F6N4O2. The number of carbonyl (C=O) groups excluding carboxylic acids is 2. The third-order valence-electron chi connectivity index (χ3n) is 6.90. The Balaban J connectivity index is 1.51. The van der Waals surface area contributed by atoms with Gasteiger partial charge in [-0.05, 0) is 48.4 Å². The molecule has 2 aromatic carbocycles. The Morgan fingerprint density at radius 1 is 0.875 bits per heavy atom. The summed E-state index contributed by atoms with van der Waals surface area (Å²) in [5.41, 5.74) is -1.93. The van der Waals surface area contributed by atoms with Crippen LogP contribution in [0.4, 0.5) is 26.3 Å². The molecule has 3 heterocycles. The number of H-pyrrole nitrogens is 1. The predicted molar refractivity (Wildman–Crippen MR) is 133 cm³/mol. The molecule has 12 heteroatoms. The van der Waals surface area contributed by atoms with Gasteiger partial charge >= 0.3 is 12.4 Å². The van der Waals surface area contributed by atoms with Gasteiger partial charge in [-0.3, -0.25) is 14.6 Å². The van der Waals surface area contributed by atoms with Crippen LogP contribution in [0.1, 0.15) is 37.4 Å². The lowest BCUT2D eigenvalue weighted by Crippen LogP contribution is -2.57. The van der Waals surface area contributed by atoms with Gasteiger partial charge in [0.15, 0.2) is 0 Å². The van der Waals surface area contributed by atoms with Crippen molar-refractivity contribution in [3.63, 3.8) is 0 Å². The maximum Gasteiger partial charge on any atom is 0.416 e. The molecule has 1 N–H and O–H groups in total. The molecule has 0 radical (unpaired) electrons. The summed E-state index contributed by atoms with van der Waals surface area (Å²) in [5, 5.41) is 0.851. The smallest absolute Gasteiger partial charge is 0.361 e. The normalized spacial score (nSPS) is 16.4. The largest absolute Gasteiger partial charge is 0.416 e. The van der Waals surface area contributed by atoms with Crippen LogP contribution in [0.2, 0.25) is 0 Å². The topological polar surface area (TPSA) is 69.3 Å². The van der Waals surface area contributed by atoms with Crippen molar-refractivity contribution in [2.24, 2.45) is 0 Å². The van der Waals surface area contributed by atoms with E-state index >= 15 is 0 Å². The fraction of sp³-hybridized carbons (Fsp3) is 0.250. The molecule has 0 aliphatic carbocycles. The fourth-order valence-electron chi connectivity index (χ4n) is 4.95. The Bertz CT molecular complexity index is 1520. The fourth-order valence-corrected chi connectivity index (χ4v) is 4.95. The lowest BCUT2D eigenvalue weighted by molar-refractivity contribution is -0.143. The summed E-state index contributed by atoms with van der Waals surface area (Å²) < 4.78 is 80.9. The summed E-state index contributed by atoms with van der Waals surface area (Å²) >= 11 is 0. The van der Waals surface area contributed by atoms with Crippen molar-refractivity contribution in [1.29, 1.82) is 0 Å². The molecular weight excluding hydrogens is 538 g/mol. The highest BCUT2D eigenvalue weighted by molar-refractivity contribution is 5.96. The van der Waals surface area contributed by atoms with Crippen LogP contribution >= 0.6 is 0 Å². The number of benzene rings is 2. The molecule has 5 rings (SSSR count). The number of hydrogen-bond acceptors (Lipinski definition) is 3. The van der Waals surface area contributed by atoms with Crippen molar-refractivity contribution in [3.05, 3.63) is 101 Å². The summed E-state index contributed by atoms with van der Waals surface area (Å²) in [4.78, 5) is 36.6. The van der Waals surface area contributed by atoms with Gasteiger partial charge in [0.1, 0.15) is 0 Å². The minimum atomic E-state index is -5.09. The number of hydrogen-bond donors (Lipinski definition) is 1. The molecule has 1 fully saturated rings. The maximum absolute atomic E-state index is 13.6. The zero-order valence-corrected chi connectivity index (χ0v) is 20.8. The van der Waals surface area contributed by atoms with Crippen LogP contribution in [0.25, 0.3) is 10.9 Å². The molecule has 1 atom stereocenters. The molecule has 6 nitrogen and oxygen atoms in total. The first-order valence-electron chi connectivity index (χ1n) is 12.3. The van der Waals surface area contributed by atoms with Crippen LogP contribution in [-0.2, 0) is 18.8 Å². The number of piperazine rings is 1. The number of nitrogens with zero attached hydrogens (tertiary/aromatic N) is 3. The second-order valence-electron chi connectivity index (χ2n) is 9.50. The van der Waals surface area contributed by atoms with Crippen LogP contribution in [0.15, 0.2) is 73.2 Å². The van der Waals surface area contributed by atoms with Crippen molar-refractivity contribution < 1.29 is 35.9 Å². The van der Waals surface area contributed by atoms with Gasteiger partial charge in [0, 0.05) is 54.7 Å². The quantitative estimate of drug-likeness (QED) is 0.321. The van der Waals surface area contributed by atoms with E-state index < -0.39 is 41.0 Å². The van der Waals surface area contributed by atoms with Gasteiger partial charge in [0.2, 0.25) is 0 Å². The van der Waals surface area contributed by atoms with Crippen LogP contribution < -0.4 is 0 Å². The molecule has 2 aromatic heterocycles. The number of fused-ring (bicyclic) bond motifs is 1. The number of aromatic amines is 1. The minimum Gasteiger partial charge on any atom is -0.361 e. The van der Waals surface area contributed by atoms with E-state index in [4.69, 9.17) is 0 Å². The van der Waals surface area contributed by atoms with Crippen molar-refractivity contribution in [3.8, 4) is 0 Å². The van der Waals surface area contributed by atoms with Gasteiger partial charge in [-0.1, -0.05) is 18.2 Å². The number of alkyl halides is 6. The van der Waals surface area contributed by atoms with Crippen LogP contribution in [0.3, 0.4) is 0 Å². The number of carbonyl (C=O) groups is 2. The van der Waals surface area contributed by atoms with Crippen molar-refractivity contribution in [2.45, 2.75) is 24.8 Å². The lowest BCUT2D eigenvalue weighted by atomic mass is 9.98. The summed E-state index contributed by atoms with van der Waals surface area (Å²) in [6.07, 6.45) is -5.32. The summed E-state index contributed by atoms with van der Waals surface area (Å²) in [7, 11) is 0. The van der Waals surface area contributed by atoms with E-state index in [0.717, 1.165) is 16.5 Å². The average molecular weight is 560 g/mol. The molecule has 40 heavy (non-hydrogen) atoms. The van der Waals surface area contributed by atoms with Gasteiger partial charge < -0.3 is 14.8 Å². The predicted octanol–water partition coefficient (Wildman–Crippen LogP) is 5.81. The number of halogens is 6. The maximum atomic E-state index is 13.6. The molecule has 0 saturated carbocycles. The lowest BCUT2D eigenvalue weighted by Gasteiger charge is -2.41. The zero-order chi connectivity index (χ0) is 28.7. The van der Waals surface area contributed by atoms with Crippen LogP contribution in [-0.4, -0.2) is 57.3 Å². The van der Waals surface area contributed by atoms with Gasteiger partial charge in [0.25, 0.3) is 11.8 Å². The van der Waals surface area contributed by atoms with E-state index in [0.29, 0.717) is 17.7 Å². The minimum absolute atomic E-state index is 0.00922. The Hall–Kier alpha value is -4.35. The van der Waals surface area contributed by atoms with Crippen molar-refractivity contribution in [2.75, 3.05) is 19.6 Å². The van der Waals surface area contributed by atoms with Crippen LogP contribution in [0, 0.1) is 0 Å². The van der Waals surface area contributed by atoms with Crippen LogP contribution in [0.5, 0.6) is 0 Å². The Morgan fingerprint density at radius 2 is 1.57 bits per heavy atom. The monoisotopic (exact) mass is 560 g/mol. The van der Waals surface area contributed by atoms with E-state index in [2.05, 4.69) is 9.97 Å². The van der Waals surface area contributed by atoms with Gasteiger partial charge in [0.05, 0.1) is 22.7 Å². The Morgan fingerprint density at radius 3 is 2.23 bits per heavy atom. The number of amides is 2. The first-order valence-corrected chi connectivity index (χ1v) is 12.3. The molecule has 1 aliphatic heterocycles. The average Bonchev–Trinajstić information content (AvgIpc) is 3.34. The molecule has 0 spiro atoms. The second-order valence-corrected chi connectivity index (χ2v) is 9.50. The van der Waals surface area contributed by atoms with Gasteiger partial charge in [-0.2, -0.15) is 26.3 Å². The number of rotatable bonds is 4.